The van der Waals surface area contributed by atoms with Crippen molar-refractivity contribution in [2.75, 3.05) is 27.2 Å². The highest BCUT2D eigenvalue weighted by molar-refractivity contribution is 7.80. The maximum absolute atomic E-state index is 9.33. The summed E-state index contributed by atoms with van der Waals surface area (Å²) in [5, 5.41) is 0. The molecule has 1 heterocycles. The largest absolute Gasteiger partial charge is 0.397 e. The molecule has 0 aromatic rings. The molecule has 0 spiro atoms. The van der Waals surface area contributed by atoms with Gasteiger partial charge in [-0.15, -0.1) is 0 Å². The van der Waals surface area contributed by atoms with E-state index in [1.807, 2.05) is 0 Å². The Morgan fingerprint density at radius 3 is 2.44 bits per heavy atom. The number of nitrogens with zero attached hydrogens (tertiary/aromatic N) is 2. The van der Waals surface area contributed by atoms with Crippen LogP contribution in [0.5, 0.6) is 0 Å². The monoisotopic (exact) mass is 252 g/mol. The second kappa shape index (κ2) is 7.59. The van der Waals surface area contributed by atoms with Crippen molar-refractivity contribution in [1.29, 1.82) is 0 Å². The molecule has 0 aromatic carbocycles. The Hall–Kier alpha value is -0.660. The fourth-order valence-electron chi connectivity index (χ4n) is 1.18. The lowest BCUT2D eigenvalue weighted by molar-refractivity contribution is 0.324. The van der Waals surface area contributed by atoms with Crippen molar-refractivity contribution in [3.63, 3.8) is 0 Å². The summed E-state index contributed by atoms with van der Waals surface area (Å²) in [6.07, 6.45) is 3.73. The second-order valence-corrected chi connectivity index (χ2v) is 4.61. The van der Waals surface area contributed by atoms with E-state index in [9.17, 15) is 8.42 Å². The van der Waals surface area contributed by atoms with Gasteiger partial charge in [0.15, 0.2) is 0 Å². The molecule has 0 saturated carbocycles. The second-order valence-electron chi connectivity index (χ2n) is 3.42. The third-order valence-corrected chi connectivity index (χ3v) is 2.56. The molecule has 0 bridgehead atoms. The third kappa shape index (κ3) is 7.61. The third-order valence-electron chi connectivity index (χ3n) is 2.13. The summed E-state index contributed by atoms with van der Waals surface area (Å²) in [6, 6.07) is 0. The van der Waals surface area contributed by atoms with E-state index >= 15 is 0 Å². The number of likely N-dealkylation sites (N-methyl/N-ethyl adjacent to an activating group) is 1. The minimum Gasteiger partial charge on any atom is -0.362 e. The molecule has 0 aromatic heterocycles. The minimum absolute atomic E-state index is 0.870. The zero-order valence-electron chi connectivity index (χ0n) is 10.0. The maximum atomic E-state index is 9.33. The van der Waals surface area contributed by atoms with Crippen LogP contribution in [-0.2, 0) is 14.6 Å². The van der Waals surface area contributed by atoms with E-state index in [-0.39, 0.29) is 0 Å². The van der Waals surface area contributed by atoms with Gasteiger partial charge in [0.1, 0.15) is 0 Å². The van der Waals surface area contributed by atoms with E-state index < -0.39 is 10.4 Å². The summed E-state index contributed by atoms with van der Waals surface area (Å²) in [6.45, 7) is 4.35. The molecule has 0 fully saturated rings. The quantitative estimate of drug-likeness (QED) is 0.754. The molecule has 0 radical (unpaired) electrons. The summed E-state index contributed by atoms with van der Waals surface area (Å²) in [4.78, 5) is 6.66. The van der Waals surface area contributed by atoms with E-state index in [4.69, 9.17) is 4.55 Å². The zero-order chi connectivity index (χ0) is 12.6. The Labute approximate surface area is 97.3 Å². The van der Waals surface area contributed by atoms with Crippen LogP contribution in [0.3, 0.4) is 0 Å². The van der Waals surface area contributed by atoms with Crippen molar-refractivity contribution in [3.8, 4) is 0 Å². The lowest BCUT2D eigenvalue weighted by Crippen LogP contribution is -2.22. The summed E-state index contributed by atoms with van der Waals surface area (Å²) in [7, 11) is -1.17. The van der Waals surface area contributed by atoms with Crippen LogP contribution in [0.2, 0.25) is 0 Å². The van der Waals surface area contributed by atoms with Gasteiger partial charge in [-0.2, -0.15) is 8.42 Å². The predicted octanol–water partition coefficient (Wildman–Crippen LogP) is 0.956. The fraction of sp³-hybridized carbons (Fsp3) is 0.889. The molecule has 7 heteroatoms. The summed E-state index contributed by atoms with van der Waals surface area (Å²) in [5.74, 6) is 1.31. The molecular formula is C9H20N2O4S. The highest BCUT2D eigenvalue weighted by Crippen LogP contribution is 2.05. The Bertz CT molecular complexity index is 313. The van der Waals surface area contributed by atoms with E-state index in [1.165, 1.54) is 25.1 Å². The first kappa shape index (κ1) is 15.3. The number of unbranched alkanes of at least 4 members (excludes halogenated alkanes) is 1. The minimum atomic E-state index is -4.16. The number of rotatable bonds is 4. The topological polar surface area (TPSA) is 79.2 Å². The van der Waals surface area contributed by atoms with E-state index in [1.54, 1.807) is 0 Å². The van der Waals surface area contributed by atoms with Crippen LogP contribution in [0, 0.1) is 0 Å². The Balaban J connectivity index is 0.000000325. The first-order valence-electron chi connectivity index (χ1n) is 5.18. The summed E-state index contributed by atoms with van der Waals surface area (Å²) >= 11 is 0. The van der Waals surface area contributed by atoms with Crippen LogP contribution in [0.15, 0.2) is 4.99 Å². The molecule has 0 amide bonds. The SMILES string of the molecule is CCCCC1=NCCN1C.COS(=O)(=O)O. The Morgan fingerprint density at radius 2 is 2.12 bits per heavy atom. The van der Waals surface area contributed by atoms with Gasteiger partial charge in [-0.3, -0.25) is 13.7 Å². The average Bonchev–Trinajstić information content (AvgIpc) is 2.61. The van der Waals surface area contributed by atoms with Crippen molar-refractivity contribution in [1.82, 2.24) is 4.90 Å². The first-order chi connectivity index (χ1) is 7.40. The van der Waals surface area contributed by atoms with Gasteiger partial charge in [0.25, 0.3) is 0 Å². The first-order valence-corrected chi connectivity index (χ1v) is 6.54. The number of hydrogen-bond donors (Lipinski definition) is 1. The molecule has 1 rings (SSSR count). The van der Waals surface area contributed by atoms with Gasteiger partial charge in [-0.1, -0.05) is 13.3 Å². The van der Waals surface area contributed by atoms with Crippen LogP contribution in [0.1, 0.15) is 26.2 Å². The molecule has 96 valence electrons. The van der Waals surface area contributed by atoms with Crippen molar-refractivity contribution >= 4 is 16.2 Å². The highest BCUT2D eigenvalue weighted by atomic mass is 32.3. The van der Waals surface area contributed by atoms with Crippen LogP contribution < -0.4 is 0 Å². The number of aliphatic imine (C=N–C) groups is 1. The van der Waals surface area contributed by atoms with Crippen molar-refractivity contribution < 1.29 is 17.2 Å². The van der Waals surface area contributed by atoms with Crippen LogP contribution in [0.4, 0.5) is 0 Å². The number of amidine groups is 1. The molecule has 0 atom stereocenters. The predicted molar refractivity (Wildman–Crippen MR) is 63.0 cm³/mol. The molecule has 0 unspecified atom stereocenters. The van der Waals surface area contributed by atoms with Gasteiger partial charge in [0.05, 0.1) is 19.5 Å². The lowest BCUT2D eigenvalue weighted by Gasteiger charge is -2.12. The maximum Gasteiger partial charge on any atom is 0.397 e. The van der Waals surface area contributed by atoms with E-state index in [0.29, 0.717) is 0 Å². The highest BCUT2D eigenvalue weighted by Gasteiger charge is 2.10. The van der Waals surface area contributed by atoms with Gasteiger partial charge in [0.2, 0.25) is 0 Å². The van der Waals surface area contributed by atoms with Gasteiger partial charge < -0.3 is 4.90 Å². The fourth-order valence-corrected chi connectivity index (χ4v) is 1.18. The van der Waals surface area contributed by atoms with Gasteiger partial charge in [-0.05, 0) is 6.42 Å². The average molecular weight is 252 g/mol. The molecular weight excluding hydrogens is 232 g/mol. The standard InChI is InChI=1S/C8H16N2.CH4O4S/c1-3-4-5-8-9-6-7-10(8)2;1-5-6(2,3)4/h3-7H2,1-2H3;1H3,(H,2,3,4). The van der Waals surface area contributed by atoms with Crippen molar-refractivity contribution in [2.45, 2.75) is 26.2 Å². The van der Waals surface area contributed by atoms with Gasteiger partial charge in [-0.25, -0.2) is 0 Å². The summed E-state index contributed by atoms with van der Waals surface area (Å²) in [5.41, 5.74) is 0. The molecule has 16 heavy (non-hydrogen) atoms. The molecule has 1 N–H and O–H groups in total. The lowest BCUT2D eigenvalue weighted by atomic mass is 10.2. The normalized spacial score (nSPS) is 15.5. The van der Waals surface area contributed by atoms with E-state index in [2.05, 4.69) is 28.0 Å². The zero-order valence-corrected chi connectivity index (χ0v) is 10.8. The number of hydrogen-bond acceptors (Lipinski definition) is 5. The van der Waals surface area contributed by atoms with Crippen molar-refractivity contribution in [2.24, 2.45) is 4.99 Å². The van der Waals surface area contributed by atoms with Crippen LogP contribution in [-0.4, -0.2) is 51.0 Å². The van der Waals surface area contributed by atoms with Crippen LogP contribution >= 0.6 is 0 Å². The smallest absolute Gasteiger partial charge is 0.362 e. The molecule has 1 aliphatic rings. The van der Waals surface area contributed by atoms with Crippen molar-refractivity contribution in [3.05, 3.63) is 0 Å². The molecule has 1 aliphatic heterocycles. The molecule has 0 aliphatic carbocycles. The Morgan fingerprint density at radius 1 is 1.56 bits per heavy atom. The van der Waals surface area contributed by atoms with E-state index in [0.717, 1.165) is 20.2 Å². The Kier molecular flexibility index (Phi) is 7.27. The molecule has 6 nitrogen and oxygen atoms in total. The van der Waals surface area contributed by atoms with Gasteiger partial charge >= 0.3 is 10.4 Å². The summed E-state index contributed by atoms with van der Waals surface area (Å²) < 4.78 is 29.7. The van der Waals surface area contributed by atoms with Crippen LogP contribution in [0.25, 0.3) is 0 Å². The van der Waals surface area contributed by atoms with Gasteiger partial charge in [0, 0.05) is 20.0 Å². The molecule has 0 saturated heterocycles.